The van der Waals surface area contributed by atoms with Crippen LogP contribution in [0.4, 0.5) is 0 Å². The number of halogens is 1. The maximum absolute atomic E-state index is 12.5. The van der Waals surface area contributed by atoms with Crippen molar-refractivity contribution >= 4 is 22.5 Å². The number of fused-ring (bicyclic) bond motifs is 1. The predicted octanol–water partition coefficient (Wildman–Crippen LogP) is 4.72. The van der Waals surface area contributed by atoms with Crippen LogP contribution in [0.5, 0.6) is 0 Å². The highest BCUT2D eigenvalue weighted by Crippen LogP contribution is 2.35. The van der Waals surface area contributed by atoms with E-state index in [-0.39, 0.29) is 16.4 Å². The van der Waals surface area contributed by atoms with Crippen molar-refractivity contribution in [1.82, 2.24) is 9.97 Å². The molecule has 3 rings (SSSR count). The molecule has 1 N–H and O–H groups in total. The molecule has 0 saturated heterocycles. The number of H-pyrrole nitrogens is 1. The lowest BCUT2D eigenvalue weighted by Gasteiger charge is -2.22. The third kappa shape index (κ3) is 3.04. The fraction of sp³-hybridized carbons (Fsp3) is 0.250. The summed E-state index contributed by atoms with van der Waals surface area (Å²) >= 11 is 6.49. The molecule has 2 aromatic heterocycles. The van der Waals surface area contributed by atoms with Gasteiger partial charge in [0.2, 0.25) is 0 Å². The molecule has 0 radical (unpaired) electrons. The zero-order valence-electron chi connectivity index (χ0n) is 14.6. The molecular formula is C20H18ClN3O. The van der Waals surface area contributed by atoms with Gasteiger partial charge in [-0.2, -0.15) is 5.26 Å². The summed E-state index contributed by atoms with van der Waals surface area (Å²) in [7, 11) is 0. The Balaban J connectivity index is 2.27. The van der Waals surface area contributed by atoms with E-state index in [2.05, 4.69) is 36.8 Å². The monoisotopic (exact) mass is 351 g/mol. The van der Waals surface area contributed by atoms with Crippen molar-refractivity contribution in [3.63, 3.8) is 0 Å². The van der Waals surface area contributed by atoms with Gasteiger partial charge < -0.3 is 4.98 Å². The minimum atomic E-state index is -0.210. The van der Waals surface area contributed by atoms with Crippen molar-refractivity contribution in [2.24, 2.45) is 0 Å². The Labute approximate surface area is 151 Å². The number of aromatic amines is 1. The second-order valence-corrected chi connectivity index (χ2v) is 7.57. The van der Waals surface area contributed by atoms with Crippen molar-refractivity contribution in [1.29, 1.82) is 5.26 Å². The summed E-state index contributed by atoms with van der Waals surface area (Å²) in [5.74, 6) is 0. The standard InChI is InChI=1S/C20H18ClN3O/c1-11-5-14(20(2,3)4)15(21)6-13(11)16-7-18(25)19-12(8-22)9-23-10-17(19)24-16/h5-7,9-10H,1-4H3,(H,24,25). The largest absolute Gasteiger partial charge is 0.353 e. The molecule has 0 aliphatic carbocycles. The zero-order chi connectivity index (χ0) is 18.4. The number of hydrogen-bond donors (Lipinski definition) is 1. The minimum absolute atomic E-state index is 0.0667. The molecule has 0 spiro atoms. The Bertz CT molecular complexity index is 1090. The van der Waals surface area contributed by atoms with E-state index in [1.165, 1.54) is 12.3 Å². The van der Waals surface area contributed by atoms with Gasteiger partial charge in [0.05, 0.1) is 28.4 Å². The first-order valence-corrected chi connectivity index (χ1v) is 8.32. The van der Waals surface area contributed by atoms with Gasteiger partial charge >= 0.3 is 0 Å². The van der Waals surface area contributed by atoms with Gasteiger partial charge in [0.15, 0.2) is 5.43 Å². The van der Waals surface area contributed by atoms with E-state index in [0.717, 1.165) is 16.7 Å². The fourth-order valence-electron chi connectivity index (χ4n) is 2.98. The normalized spacial score (nSPS) is 11.5. The highest BCUT2D eigenvalue weighted by atomic mass is 35.5. The number of benzene rings is 1. The van der Waals surface area contributed by atoms with Crippen molar-refractivity contribution < 1.29 is 0 Å². The molecule has 0 aliphatic rings. The van der Waals surface area contributed by atoms with E-state index in [4.69, 9.17) is 11.6 Å². The molecule has 25 heavy (non-hydrogen) atoms. The van der Waals surface area contributed by atoms with E-state index in [1.54, 1.807) is 6.20 Å². The van der Waals surface area contributed by atoms with E-state index in [9.17, 15) is 10.1 Å². The second-order valence-electron chi connectivity index (χ2n) is 7.17. The Morgan fingerprint density at radius 1 is 1.20 bits per heavy atom. The van der Waals surface area contributed by atoms with Crippen LogP contribution in [0.2, 0.25) is 5.02 Å². The number of aryl methyl sites for hydroxylation is 1. The molecule has 0 fully saturated rings. The number of nitrogens with zero attached hydrogens (tertiary/aromatic N) is 2. The van der Waals surface area contributed by atoms with Gasteiger partial charge in [0, 0.05) is 22.8 Å². The highest BCUT2D eigenvalue weighted by Gasteiger charge is 2.20. The molecule has 4 nitrogen and oxygen atoms in total. The smallest absolute Gasteiger partial charge is 0.191 e. The third-order valence-electron chi connectivity index (χ3n) is 4.27. The molecule has 3 aromatic rings. The van der Waals surface area contributed by atoms with Crippen molar-refractivity contribution in [2.45, 2.75) is 33.1 Å². The van der Waals surface area contributed by atoms with E-state index < -0.39 is 0 Å². The Morgan fingerprint density at radius 3 is 2.56 bits per heavy atom. The summed E-state index contributed by atoms with van der Waals surface area (Å²) in [5, 5.41) is 10.2. The summed E-state index contributed by atoms with van der Waals surface area (Å²) in [6.45, 7) is 8.33. The molecule has 0 saturated carbocycles. The lowest BCUT2D eigenvalue weighted by molar-refractivity contribution is 0.590. The van der Waals surface area contributed by atoms with Crippen molar-refractivity contribution in [2.75, 3.05) is 0 Å². The maximum Gasteiger partial charge on any atom is 0.191 e. The van der Waals surface area contributed by atoms with Gasteiger partial charge in [-0.15, -0.1) is 0 Å². The van der Waals surface area contributed by atoms with Crippen LogP contribution >= 0.6 is 11.6 Å². The molecule has 0 atom stereocenters. The fourth-order valence-corrected chi connectivity index (χ4v) is 3.43. The van der Waals surface area contributed by atoms with Crippen LogP contribution in [-0.2, 0) is 5.41 Å². The minimum Gasteiger partial charge on any atom is -0.353 e. The topological polar surface area (TPSA) is 69.5 Å². The Morgan fingerprint density at radius 2 is 1.92 bits per heavy atom. The van der Waals surface area contributed by atoms with Gasteiger partial charge in [0.25, 0.3) is 0 Å². The lowest BCUT2D eigenvalue weighted by atomic mass is 9.85. The summed E-state index contributed by atoms with van der Waals surface area (Å²) in [6, 6.07) is 7.47. The number of nitriles is 1. The molecule has 0 bridgehead atoms. The summed E-state index contributed by atoms with van der Waals surface area (Å²) in [6.07, 6.45) is 2.96. The van der Waals surface area contributed by atoms with Crippen LogP contribution in [0.3, 0.4) is 0 Å². The Kier molecular flexibility index (Phi) is 4.14. The van der Waals surface area contributed by atoms with Crippen LogP contribution in [0.1, 0.15) is 37.5 Å². The maximum atomic E-state index is 12.5. The number of aromatic nitrogens is 2. The predicted molar refractivity (Wildman–Crippen MR) is 101 cm³/mol. The van der Waals surface area contributed by atoms with Gasteiger partial charge in [-0.3, -0.25) is 9.78 Å². The van der Waals surface area contributed by atoms with E-state index in [1.807, 2.05) is 19.1 Å². The van der Waals surface area contributed by atoms with Gasteiger partial charge in [-0.25, -0.2) is 0 Å². The molecule has 2 heterocycles. The van der Waals surface area contributed by atoms with Crippen LogP contribution in [-0.4, -0.2) is 9.97 Å². The molecule has 0 aliphatic heterocycles. The van der Waals surface area contributed by atoms with Crippen LogP contribution in [0, 0.1) is 18.3 Å². The highest BCUT2D eigenvalue weighted by molar-refractivity contribution is 6.31. The van der Waals surface area contributed by atoms with E-state index >= 15 is 0 Å². The summed E-state index contributed by atoms with van der Waals surface area (Å²) in [5.41, 5.74) is 4.13. The summed E-state index contributed by atoms with van der Waals surface area (Å²) in [4.78, 5) is 19.8. The van der Waals surface area contributed by atoms with Gasteiger partial charge in [0.1, 0.15) is 6.07 Å². The molecule has 1 aromatic carbocycles. The third-order valence-corrected chi connectivity index (χ3v) is 4.58. The molecule has 5 heteroatoms. The second kappa shape index (κ2) is 6.02. The first-order valence-electron chi connectivity index (χ1n) is 7.94. The number of pyridine rings is 2. The first-order chi connectivity index (χ1) is 11.7. The van der Waals surface area contributed by atoms with Crippen LogP contribution < -0.4 is 5.43 Å². The zero-order valence-corrected chi connectivity index (χ0v) is 15.3. The molecule has 126 valence electrons. The number of nitrogens with one attached hydrogen (secondary N) is 1. The number of rotatable bonds is 1. The van der Waals surface area contributed by atoms with Crippen molar-refractivity contribution in [3.8, 4) is 17.3 Å². The van der Waals surface area contributed by atoms with Gasteiger partial charge in [-0.1, -0.05) is 38.4 Å². The van der Waals surface area contributed by atoms with Gasteiger partial charge in [-0.05, 0) is 29.5 Å². The number of hydrogen-bond acceptors (Lipinski definition) is 3. The average Bonchev–Trinajstić information content (AvgIpc) is 2.54. The summed E-state index contributed by atoms with van der Waals surface area (Å²) < 4.78 is 0. The SMILES string of the molecule is Cc1cc(C(C)(C)C)c(Cl)cc1-c1cc(=O)c2c(C#N)cncc2[nH]1. The Hall–Kier alpha value is -2.64. The molecule has 0 amide bonds. The average molecular weight is 352 g/mol. The quantitative estimate of drug-likeness (QED) is 0.689. The van der Waals surface area contributed by atoms with Crippen LogP contribution in [0.25, 0.3) is 22.2 Å². The lowest BCUT2D eigenvalue weighted by Crippen LogP contribution is -2.12. The van der Waals surface area contributed by atoms with Crippen molar-refractivity contribution in [3.05, 3.63) is 62.5 Å². The first kappa shape index (κ1) is 17.2. The van der Waals surface area contributed by atoms with Crippen LogP contribution in [0.15, 0.2) is 35.4 Å². The molecular weight excluding hydrogens is 334 g/mol. The van der Waals surface area contributed by atoms with E-state index in [0.29, 0.717) is 21.6 Å². The molecule has 0 unspecified atom stereocenters.